The van der Waals surface area contributed by atoms with Crippen LogP contribution in [-0.2, 0) is 33.8 Å². The summed E-state index contributed by atoms with van der Waals surface area (Å²) in [5, 5.41) is 20.5. The maximum absolute atomic E-state index is 14.6. The Bertz CT molecular complexity index is 2080. The zero-order valence-corrected chi connectivity index (χ0v) is 36.1. The van der Waals surface area contributed by atoms with Gasteiger partial charge in [-0.25, -0.2) is 14.6 Å². The van der Waals surface area contributed by atoms with Gasteiger partial charge in [-0.15, -0.1) is 0 Å². The maximum atomic E-state index is 14.6. The maximum Gasteiger partial charge on any atom is 0.407 e. The molecule has 0 aliphatic carbocycles. The van der Waals surface area contributed by atoms with Gasteiger partial charge in [0, 0.05) is 43.8 Å². The molecular weight excluding hydrogens is 763 g/mol. The minimum atomic E-state index is -1.21. The number of methoxy groups -OCH3 is 2. The van der Waals surface area contributed by atoms with Gasteiger partial charge in [0.1, 0.15) is 17.8 Å². The topological polar surface area (TPSA) is 166 Å². The molecule has 0 radical (unpaired) electrons. The molecule has 5 amide bonds. The molecule has 0 bridgehead atoms. The van der Waals surface area contributed by atoms with Crippen molar-refractivity contribution in [3.63, 3.8) is 0 Å². The number of aliphatic hydroxyl groups is 1. The second kappa shape index (κ2) is 20.5. The Morgan fingerprint density at radius 3 is 2.25 bits per heavy atom. The van der Waals surface area contributed by atoms with Crippen molar-refractivity contribution < 1.29 is 33.8 Å². The lowest BCUT2D eigenvalue weighted by atomic mass is 9.86. The Morgan fingerprint density at radius 1 is 0.917 bits per heavy atom. The van der Waals surface area contributed by atoms with Gasteiger partial charge in [0.25, 0.3) is 5.91 Å². The first kappa shape index (κ1) is 45.4. The highest BCUT2D eigenvalue weighted by molar-refractivity contribution is 5.89. The number of aliphatic hydroxyl groups excluding tert-OH is 1. The number of ether oxygens (including phenoxy) is 2. The van der Waals surface area contributed by atoms with E-state index in [4.69, 9.17) is 9.47 Å². The quantitative estimate of drug-likeness (QED) is 0.0936. The molecule has 1 fully saturated rings. The minimum absolute atomic E-state index is 0.103. The molecule has 0 spiro atoms. The van der Waals surface area contributed by atoms with Crippen LogP contribution < -0.4 is 20.8 Å². The zero-order chi connectivity index (χ0) is 43.6. The number of benzene rings is 3. The summed E-state index contributed by atoms with van der Waals surface area (Å²) >= 11 is 0. The highest BCUT2D eigenvalue weighted by Gasteiger charge is 2.41. The molecule has 3 aromatic carbocycles. The van der Waals surface area contributed by atoms with Crippen LogP contribution in [0.2, 0.25) is 0 Å². The number of hydrogen-bond donors (Lipinski definition) is 4. The zero-order valence-electron chi connectivity index (χ0n) is 36.1. The van der Waals surface area contributed by atoms with E-state index in [1.54, 1.807) is 34.1 Å². The predicted octanol–water partition coefficient (Wildman–Crippen LogP) is 5.60. The number of fused-ring (bicyclic) bond motifs is 1. The summed E-state index contributed by atoms with van der Waals surface area (Å²) in [6.07, 6.45) is -1.05. The number of alkyl carbamates (subject to hydrolysis) is 1. The molecule has 1 aliphatic rings. The summed E-state index contributed by atoms with van der Waals surface area (Å²) in [5.41, 5.74) is 6.64. The van der Waals surface area contributed by atoms with Crippen LogP contribution in [0.4, 0.5) is 9.59 Å². The Morgan fingerprint density at radius 2 is 1.60 bits per heavy atom. The van der Waals surface area contributed by atoms with Crippen molar-refractivity contribution in [1.82, 2.24) is 35.9 Å². The lowest BCUT2D eigenvalue weighted by Gasteiger charge is -2.36. The number of nitrogens with zero attached hydrogens (tertiary/aromatic N) is 4. The summed E-state index contributed by atoms with van der Waals surface area (Å²) in [7, 11) is 2.80. The third kappa shape index (κ3) is 11.7. The molecule has 1 saturated heterocycles. The molecule has 14 heteroatoms. The standard InChI is InChI=1S/C46H61N7O7/c1-9-30(2)40(53-24-23-51(45(53)58)28-34-25-31(3)47-37-18-14-13-17-36(34)37)42(55)48-38(26-32-15-11-10-12-16-32)39(54)29-52(27-33-19-21-35(59-7)22-20-33)50-43(56)41(46(4,5)6)49-44(57)60-8/h10-22,25,30,38-41,54H,9,23-24,26-29H2,1-8H3,(H,48,55)(H,49,57)(H,50,56). The van der Waals surface area contributed by atoms with Gasteiger partial charge >= 0.3 is 12.1 Å². The summed E-state index contributed by atoms with van der Waals surface area (Å²) in [6, 6.07) is 23.9. The van der Waals surface area contributed by atoms with E-state index in [0.717, 1.165) is 33.3 Å². The second-order valence-electron chi connectivity index (χ2n) is 16.7. The van der Waals surface area contributed by atoms with Crippen LogP contribution in [0.1, 0.15) is 63.4 Å². The molecular formula is C46H61N7O7. The van der Waals surface area contributed by atoms with Gasteiger partial charge in [0.15, 0.2) is 0 Å². The number of nitrogens with one attached hydrogen (secondary N) is 3. The fourth-order valence-corrected chi connectivity index (χ4v) is 7.61. The van der Waals surface area contributed by atoms with Crippen molar-refractivity contribution in [3.05, 3.63) is 107 Å². The first-order valence-electron chi connectivity index (χ1n) is 20.6. The number of aryl methyl sites for hydroxylation is 1. The normalized spacial score (nSPS) is 15.6. The van der Waals surface area contributed by atoms with Gasteiger partial charge in [0.05, 0.1) is 31.9 Å². The third-order valence-corrected chi connectivity index (χ3v) is 11.1. The van der Waals surface area contributed by atoms with Crippen LogP contribution in [0.3, 0.4) is 0 Å². The summed E-state index contributed by atoms with van der Waals surface area (Å²) < 4.78 is 10.2. The van der Waals surface area contributed by atoms with Gasteiger partial charge in [-0.3, -0.25) is 20.0 Å². The summed E-state index contributed by atoms with van der Waals surface area (Å²) in [5.74, 6) is -0.423. The highest BCUT2D eigenvalue weighted by Crippen LogP contribution is 2.26. The van der Waals surface area contributed by atoms with E-state index in [2.05, 4.69) is 21.0 Å². The fourth-order valence-electron chi connectivity index (χ4n) is 7.61. The Kier molecular flexibility index (Phi) is 15.5. The molecule has 322 valence electrons. The largest absolute Gasteiger partial charge is 0.497 e. The fraction of sp³-hybridized carbons (Fsp3) is 0.457. The van der Waals surface area contributed by atoms with Crippen molar-refractivity contribution in [2.45, 2.75) is 91.7 Å². The van der Waals surface area contributed by atoms with Crippen molar-refractivity contribution in [1.29, 1.82) is 0 Å². The lowest BCUT2D eigenvalue weighted by Crippen LogP contribution is -2.60. The summed E-state index contributed by atoms with van der Waals surface area (Å²) in [6.45, 7) is 12.6. The second-order valence-corrected chi connectivity index (χ2v) is 16.7. The van der Waals surface area contributed by atoms with E-state index >= 15 is 0 Å². The van der Waals surface area contributed by atoms with Gasteiger partial charge in [-0.05, 0) is 65.6 Å². The smallest absolute Gasteiger partial charge is 0.407 e. The molecule has 5 rings (SSSR count). The van der Waals surface area contributed by atoms with Crippen LogP contribution >= 0.6 is 0 Å². The van der Waals surface area contributed by atoms with Crippen molar-refractivity contribution in [3.8, 4) is 5.75 Å². The average Bonchev–Trinajstić information content (AvgIpc) is 3.57. The monoisotopic (exact) mass is 823 g/mol. The minimum Gasteiger partial charge on any atom is -0.497 e. The number of hydrogen-bond acceptors (Lipinski definition) is 9. The van der Waals surface area contributed by atoms with E-state index in [0.29, 0.717) is 31.8 Å². The van der Waals surface area contributed by atoms with E-state index in [1.807, 2.05) is 114 Å². The number of aromatic nitrogens is 1. The van der Waals surface area contributed by atoms with Crippen LogP contribution in [0.25, 0.3) is 10.9 Å². The van der Waals surface area contributed by atoms with Crippen LogP contribution in [0.15, 0.2) is 84.9 Å². The molecule has 60 heavy (non-hydrogen) atoms. The molecule has 1 aliphatic heterocycles. The number of para-hydroxylation sites is 1. The Labute approximate surface area is 353 Å². The van der Waals surface area contributed by atoms with Crippen molar-refractivity contribution in [2.75, 3.05) is 33.9 Å². The predicted molar refractivity (Wildman–Crippen MR) is 231 cm³/mol. The number of amides is 5. The van der Waals surface area contributed by atoms with Gasteiger partial charge in [-0.1, -0.05) is 102 Å². The first-order chi connectivity index (χ1) is 28.6. The SMILES string of the molecule is CCC(C)C(C(=O)NC(Cc1ccccc1)C(O)CN(Cc1ccc(OC)cc1)NC(=O)C(NC(=O)OC)C(C)(C)C)N1CCN(Cc2cc(C)nc3ccccc23)C1=O. The number of carbonyl (C=O) groups excluding carboxylic acids is 4. The van der Waals surface area contributed by atoms with E-state index in [9.17, 15) is 24.3 Å². The van der Waals surface area contributed by atoms with Crippen molar-refractivity contribution in [2.24, 2.45) is 11.3 Å². The Hall–Kier alpha value is -5.73. The molecule has 2 heterocycles. The molecule has 0 saturated carbocycles. The van der Waals surface area contributed by atoms with Crippen molar-refractivity contribution >= 4 is 34.8 Å². The summed E-state index contributed by atoms with van der Waals surface area (Å²) in [4.78, 5) is 63.1. The van der Waals surface area contributed by atoms with E-state index < -0.39 is 41.6 Å². The molecule has 14 nitrogen and oxygen atoms in total. The van der Waals surface area contributed by atoms with Gasteiger partial charge < -0.3 is 35.0 Å². The number of rotatable bonds is 18. The number of pyridine rings is 1. The van der Waals surface area contributed by atoms with Gasteiger partial charge in [0.2, 0.25) is 5.91 Å². The molecule has 1 aromatic heterocycles. The molecule has 4 N–H and O–H groups in total. The van der Waals surface area contributed by atoms with Crippen LogP contribution in [0, 0.1) is 18.3 Å². The van der Waals surface area contributed by atoms with E-state index in [1.165, 1.54) is 7.11 Å². The molecule has 5 unspecified atom stereocenters. The third-order valence-electron chi connectivity index (χ3n) is 11.1. The highest BCUT2D eigenvalue weighted by atomic mass is 16.5. The lowest BCUT2D eigenvalue weighted by molar-refractivity contribution is -0.132. The molecule has 4 aromatic rings. The first-order valence-corrected chi connectivity index (χ1v) is 20.6. The number of urea groups is 1. The number of hydrazine groups is 1. The van der Waals surface area contributed by atoms with E-state index in [-0.39, 0.29) is 37.4 Å². The van der Waals surface area contributed by atoms with Crippen LogP contribution in [-0.4, -0.2) is 107 Å². The Balaban J connectivity index is 1.40. The number of carbonyl (C=O) groups is 4. The van der Waals surface area contributed by atoms with Crippen LogP contribution in [0.5, 0.6) is 5.75 Å². The average molecular weight is 824 g/mol. The van der Waals surface area contributed by atoms with Gasteiger partial charge in [-0.2, -0.15) is 0 Å². The molecule has 5 atom stereocenters.